The van der Waals surface area contributed by atoms with Crippen molar-refractivity contribution in [3.8, 4) is 5.75 Å². The second kappa shape index (κ2) is 10.1. The van der Waals surface area contributed by atoms with Gasteiger partial charge in [-0.3, -0.25) is 14.5 Å². The number of nitrogens with one attached hydrogen (secondary N) is 1. The van der Waals surface area contributed by atoms with Crippen LogP contribution < -0.4 is 15.0 Å². The van der Waals surface area contributed by atoms with Gasteiger partial charge in [0.1, 0.15) is 11.4 Å². The normalized spacial score (nSPS) is 13.7. The Balaban J connectivity index is 1.94. The monoisotopic (exact) mass is 423 g/mol. The standard InChI is InChI=1S/C24H29N3O4/c1-5-15-31-20-12-6-17(7-13-20)21-22(24(29)27(23(21)28)14-16-30-4)25-18-8-10-19(11-9-18)26(2)3/h6-13,25H,5,14-16H2,1-4H3. The van der Waals surface area contributed by atoms with E-state index in [1.165, 1.54) is 4.90 Å². The molecular weight excluding hydrogens is 394 g/mol. The zero-order valence-electron chi connectivity index (χ0n) is 18.5. The first-order valence-corrected chi connectivity index (χ1v) is 10.3. The van der Waals surface area contributed by atoms with Gasteiger partial charge in [0.05, 0.1) is 25.3 Å². The second-order valence-electron chi connectivity index (χ2n) is 7.44. The van der Waals surface area contributed by atoms with E-state index >= 15 is 0 Å². The van der Waals surface area contributed by atoms with Gasteiger partial charge in [0.15, 0.2) is 0 Å². The van der Waals surface area contributed by atoms with Crippen LogP contribution in [0.15, 0.2) is 54.2 Å². The summed E-state index contributed by atoms with van der Waals surface area (Å²) < 4.78 is 10.7. The zero-order valence-corrected chi connectivity index (χ0v) is 18.5. The summed E-state index contributed by atoms with van der Waals surface area (Å²) in [6.07, 6.45) is 0.912. The third-order valence-electron chi connectivity index (χ3n) is 4.96. The van der Waals surface area contributed by atoms with Crippen molar-refractivity contribution in [1.29, 1.82) is 0 Å². The number of methoxy groups -OCH3 is 1. The van der Waals surface area contributed by atoms with Crippen LogP contribution in [0.5, 0.6) is 5.75 Å². The van der Waals surface area contributed by atoms with Crippen molar-refractivity contribution in [3.05, 3.63) is 59.8 Å². The molecule has 31 heavy (non-hydrogen) atoms. The molecule has 0 saturated heterocycles. The lowest BCUT2D eigenvalue weighted by Gasteiger charge is -2.15. The molecule has 2 aromatic carbocycles. The molecule has 0 aliphatic carbocycles. The van der Waals surface area contributed by atoms with Crippen LogP contribution in [0, 0.1) is 0 Å². The Hall–Kier alpha value is -3.32. The van der Waals surface area contributed by atoms with Crippen molar-refractivity contribution in [2.45, 2.75) is 13.3 Å². The van der Waals surface area contributed by atoms with Crippen LogP contribution in [0.25, 0.3) is 5.57 Å². The molecule has 0 atom stereocenters. The number of imide groups is 1. The SMILES string of the molecule is CCCOc1ccc(C2=C(Nc3ccc(N(C)C)cc3)C(=O)N(CCOC)C2=O)cc1. The van der Waals surface area contributed by atoms with Crippen molar-refractivity contribution in [2.75, 3.05) is 51.2 Å². The highest BCUT2D eigenvalue weighted by Gasteiger charge is 2.38. The fourth-order valence-corrected chi connectivity index (χ4v) is 3.27. The Morgan fingerprint density at radius 1 is 0.935 bits per heavy atom. The summed E-state index contributed by atoms with van der Waals surface area (Å²) in [6.45, 7) is 3.14. The summed E-state index contributed by atoms with van der Waals surface area (Å²) >= 11 is 0. The third kappa shape index (κ3) is 5.06. The van der Waals surface area contributed by atoms with E-state index in [4.69, 9.17) is 9.47 Å². The van der Waals surface area contributed by atoms with Crippen molar-refractivity contribution >= 4 is 28.8 Å². The number of benzene rings is 2. The summed E-state index contributed by atoms with van der Waals surface area (Å²) in [4.78, 5) is 29.4. The van der Waals surface area contributed by atoms with E-state index in [1.807, 2.05) is 74.4 Å². The molecule has 0 spiro atoms. The number of anilines is 2. The minimum Gasteiger partial charge on any atom is -0.494 e. The van der Waals surface area contributed by atoms with E-state index in [2.05, 4.69) is 5.32 Å². The van der Waals surface area contributed by atoms with Crippen LogP contribution in [0.3, 0.4) is 0 Å². The Morgan fingerprint density at radius 2 is 1.61 bits per heavy atom. The molecule has 2 amide bonds. The van der Waals surface area contributed by atoms with E-state index in [9.17, 15) is 9.59 Å². The molecule has 0 unspecified atom stereocenters. The molecule has 164 valence electrons. The van der Waals surface area contributed by atoms with Gasteiger partial charge in [-0.2, -0.15) is 0 Å². The molecule has 0 fully saturated rings. The molecule has 0 aromatic heterocycles. The van der Waals surface area contributed by atoms with Crippen molar-refractivity contribution in [2.24, 2.45) is 0 Å². The van der Waals surface area contributed by atoms with Gasteiger partial charge < -0.3 is 19.7 Å². The Kier molecular flexibility index (Phi) is 7.31. The highest BCUT2D eigenvalue weighted by atomic mass is 16.5. The number of hydrogen-bond acceptors (Lipinski definition) is 6. The number of nitrogens with zero attached hydrogens (tertiary/aromatic N) is 2. The molecule has 1 heterocycles. The minimum atomic E-state index is -0.361. The van der Waals surface area contributed by atoms with Crippen molar-refractivity contribution < 1.29 is 19.1 Å². The number of carbonyl (C=O) groups excluding carboxylic acids is 2. The Labute approximate surface area is 183 Å². The largest absolute Gasteiger partial charge is 0.494 e. The summed E-state index contributed by atoms with van der Waals surface area (Å²) in [6, 6.07) is 14.9. The summed E-state index contributed by atoms with van der Waals surface area (Å²) in [5.41, 5.74) is 3.05. The van der Waals surface area contributed by atoms with E-state index in [-0.39, 0.29) is 30.7 Å². The third-order valence-corrected chi connectivity index (χ3v) is 4.96. The van der Waals surface area contributed by atoms with Gasteiger partial charge in [0, 0.05) is 32.6 Å². The predicted octanol–water partition coefficient (Wildman–Crippen LogP) is 3.38. The van der Waals surface area contributed by atoms with Gasteiger partial charge in [-0.1, -0.05) is 19.1 Å². The average molecular weight is 424 g/mol. The maximum Gasteiger partial charge on any atom is 0.278 e. The van der Waals surface area contributed by atoms with Crippen LogP contribution >= 0.6 is 0 Å². The molecule has 3 rings (SSSR count). The number of rotatable bonds is 10. The smallest absolute Gasteiger partial charge is 0.278 e. The van der Waals surface area contributed by atoms with Crippen molar-refractivity contribution in [1.82, 2.24) is 4.90 Å². The fourth-order valence-electron chi connectivity index (χ4n) is 3.27. The second-order valence-corrected chi connectivity index (χ2v) is 7.44. The summed E-state index contributed by atoms with van der Waals surface area (Å²) in [5, 5.41) is 3.17. The fraction of sp³-hybridized carbons (Fsp3) is 0.333. The first kappa shape index (κ1) is 22.4. The first-order valence-electron chi connectivity index (χ1n) is 10.3. The van der Waals surface area contributed by atoms with Crippen molar-refractivity contribution in [3.63, 3.8) is 0 Å². The number of amides is 2. The van der Waals surface area contributed by atoms with E-state index in [0.717, 1.165) is 23.5 Å². The van der Waals surface area contributed by atoms with E-state index in [0.29, 0.717) is 17.7 Å². The molecule has 1 N–H and O–H groups in total. The predicted molar refractivity (Wildman–Crippen MR) is 122 cm³/mol. The maximum atomic E-state index is 13.1. The van der Waals surface area contributed by atoms with Crippen LogP contribution in [0.2, 0.25) is 0 Å². The quantitative estimate of drug-likeness (QED) is 0.591. The number of hydrogen-bond donors (Lipinski definition) is 1. The van der Waals surface area contributed by atoms with Gasteiger partial charge in [-0.25, -0.2) is 0 Å². The molecule has 1 aliphatic rings. The zero-order chi connectivity index (χ0) is 22.4. The molecule has 2 aromatic rings. The summed E-state index contributed by atoms with van der Waals surface area (Å²) in [5.74, 6) is 0.0322. The van der Waals surface area contributed by atoms with Gasteiger partial charge in [0.25, 0.3) is 11.8 Å². The van der Waals surface area contributed by atoms with Crippen LogP contribution in [-0.2, 0) is 14.3 Å². The van der Waals surface area contributed by atoms with Gasteiger partial charge in [0.2, 0.25) is 0 Å². The number of carbonyl (C=O) groups is 2. The lowest BCUT2D eigenvalue weighted by molar-refractivity contribution is -0.137. The number of ether oxygens (including phenoxy) is 2. The van der Waals surface area contributed by atoms with Gasteiger partial charge in [-0.05, 0) is 48.4 Å². The Morgan fingerprint density at radius 3 is 2.19 bits per heavy atom. The van der Waals surface area contributed by atoms with Gasteiger partial charge in [-0.15, -0.1) is 0 Å². The molecule has 1 aliphatic heterocycles. The molecule has 0 radical (unpaired) electrons. The highest BCUT2D eigenvalue weighted by Crippen LogP contribution is 2.31. The van der Waals surface area contributed by atoms with Crippen LogP contribution in [-0.4, -0.2) is 57.7 Å². The first-order chi connectivity index (χ1) is 15.0. The minimum absolute atomic E-state index is 0.195. The maximum absolute atomic E-state index is 13.1. The molecular formula is C24H29N3O4. The molecule has 7 nitrogen and oxygen atoms in total. The molecule has 7 heteroatoms. The highest BCUT2D eigenvalue weighted by molar-refractivity contribution is 6.36. The van der Waals surface area contributed by atoms with Gasteiger partial charge >= 0.3 is 0 Å². The molecule has 0 bridgehead atoms. The lowest BCUT2D eigenvalue weighted by Crippen LogP contribution is -2.35. The lowest BCUT2D eigenvalue weighted by atomic mass is 10.0. The van der Waals surface area contributed by atoms with Crippen LogP contribution in [0.1, 0.15) is 18.9 Å². The summed E-state index contributed by atoms with van der Waals surface area (Å²) in [7, 11) is 5.47. The van der Waals surface area contributed by atoms with Crippen LogP contribution in [0.4, 0.5) is 11.4 Å². The average Bonchev–Trinajstić information content (AvgIpc) is 3.00. The topological polar surface area (TPSA) is 71.1 Å². The Bertz CT molecular complexity index is 950. The van der Waals surface area contributed by atoms with E-state index in [1.54, 1.807) is 7.11 Å². The van der Waals surface area contributed by atoms with E-state index < -0.39 is 0 Å². The molecule has 0 saturated carbocycles.